The summed E-state index contributed by atoms with van der Waals surface area (Å²) in [6.45, 7) is 0. The van der Waals surface area contributed by atoms with Crippen molar-refractivity contribution in [3.05, 3.63) is 34.7 Å². The number of nitrogens with one attached hydrogen (secondary N) is 1. The first-order valence-corrected chi connectivity index (χ1v) is 5.94. The van der Waals surface area contributed by atoms with Gasteiger partial charge in [0, 0.05) is 20.3 Å². The summed E-state index contributed by atoms with van der Waals surface area (Å²) in [4.78, 5) is 8.75. The topological polar surface area (TPSA) is 64.3 Å². The van der Waals surface area contributed by atoms with Gasteiger partial charge in [-0.15, -0.1) is 0 Å². The van der Waals surface area contributed by atoms with Gasteiger partial charge in [0.25, 0.3) is 0 Å². The monoisotopic (exact) mass is 260 g/mol. The molecule has 0 spiro atoms. The Hall–Kier alpha value is -2.02. The maximum absolute atomic E-state index is 5.09. The minimum atomic E-state index is 0.613. The van der Waals surface area contributed by atoms with Crippen molar-refractivity contribution in [3.63, 3.8) is 0 Å². The van der Waals surface area contributed by atoms with Gasteiger partial charge >= 0.3 is 0 Å². The molecule has 0 amide bonds. The van der Waals surface area contributed by atoms with Gasteiger partial charge in [-0.05, 0) is 24.4 Å². The van der Waals surface area contributed by atoms with Crippen molar-refractivity contribution in [2.45, 2.75) is 6.42 Å². The van der Waals surface area contributed by atoms with E-state index < -0.39 is 0 Å². The Bertz CT molecular complexity index is 765. The van der Waals surface area contributed by atoms with Crippen LogP contribution in [0.1, 0.15) is 11.6 Å². The van der Waals surface area contributed by atoms with E-state index >= 15 is 0 Å². The van der Waals surface area contributed by atoms with Crippen LogP contribution in [-0.4, -0.2) is 29.3 Å². The number of H-pyrrole nitrogens is 1. The van der Waals surface area contributed by atoms with Crippen LogP contribution in [0.2, 0.25) is 0 Å². The molecule has 0 atom stereocenters. The van der Waals surface area contributed by atoms with E-state index in [0.29, 0.717) is 11.2 Å². The van der Waals surface area contributed by atoms with E-state index in [4.69, 9.17) is 12.2 Å². The molecular weight excluding hydrogens is 248 g/mol. The zero-order valence-corrected chi connectivity index (χ0v) is 10.9. The van der Waals surface area contributed by atoms with E-state index in [-0.39, 0.29) is 0 Å². The van der Waals surface area contributed by atoms with Crippen molar-refractivity contribution in [2.24, 2.45) is 14.1 Å². The summed E-state index contributed by atoms with van der Waals surface area (Å²) >= 11 is 5.09. The number of nitrogens with zero attached hydrogens (tertiary/aromatic N) is 5. The molecule has 3 heterocycles. The Morgan fingerprint density at radius 1 is 1.28 bits per heavy atom. The third kappa shape index (κ3) is 1.63. The number of aryl methyl sites for hydroxylation is 1. The predicted molar refractivity (Wildman–Crippen MR) is 69.7 cm³/mol. The molecule has 0 unspecified atom stereocenters. The quantitative estimate of drug-likeness (QED) is 0.706. The summed E-state index contributed by atoms with van der Waals surface area (Å²) in [6.07, 6.45) is 2.37. The van der Waals surface area contributed by atoms with E-state index in [1.807, 2.05) is 35.4 Å². The molecule has 0 bridgehead atoms. The molecule has 0 aliphatic heterocycles. The van der Waals surface area contributed by atoms with Crippen molar-refractivity contribution in [1.82, 2.24) is 29.3 Å². The number of hydrogen-bond acceptors (Lipinski definition) is 4. The van der Waals surface area contributed by atoms with Gasteiger partial charge in [-0.25, -0.2) is 9.97 Å². The number of rotatable bonds is 2. The molecule has 6 nitrogen and oxygen atoms in total. The summed E-state index contributed by atoms with van der Waals surface area (Å²) in [7, 11) is 3.87. The molecule has 18 heavy (non-hydrogen) atoms. The first-order valence-electron chi connectivity index (χ1n) is 5.53. The normalized spacial score (nSPS) is 11.2. The van der Waals surface area contributed by atoms with Crippen LogP contribution >= 0.6 is 12.2 Å². The fourth-order valence-electron chi connectivity index (χ4n) is 1.91. The van der Waals surface area contributed by atoms with Crippen molar-refractivity contribution < 1.29 is 0 Å². The van der Waals surface area contributed by atoms with Crippen molar-refractivity contribution >= 4 is 23.4 Å². The number of aromatic amines is 1. The van der Waals surface area contributed by atoms with Crippen LogP contribution in [0.25, 0.3) is 11.2 Å². The van der Waals surface area contributed by atoms with E-state index in [2.05, 4.69) is 20.2 Å². The number of fused-ring (bicyclic) bond motifs is 1. The van der Waals surface area contributed by atoms with E-state index in [1.54, 1.807) is 6.20 Å². The van der Waals surface area contributed by atoms with Crippen LogP contribution in [0, 0.1) is 4.77 Å². The number of pyridine rings is 1. The molecule has 0 radical (unpaired) electrons. The highest BCUT2D eigenvalue weighted by atomic mass is 32.1. The Morgan fingerprint density at radius 3 is 2.78 bits per heavy atom. The summed E-state index contributed by atoms with van der Waals surface area (Å²) in [5, 5.41) is 6.97. The molecular formula is C11H12N6S. The molecule has 0 aromatic carbocycles. The third-order valence-corrected chi connectivity index (χ3v) is 3.40. The van der Waals surface area contributed by atoms with Gasteiger partial charge in [0.1, 0.15) is 11.6 Å². The largest absolute Gasteiger partial charge is 0.329 e. The third-order valence-electron chi connectivity index (χ3n) is 3.04. The van der Waals surface area contributed by atoms with Crippen molar-refractivity contribution in [3.8, 4) is 0 Å². The highest BCUT2D eigenvalue weighted by Crippen LogP contribution is 2.14. The Labute approximate surface area is 108 Å². The van der Waals surface area contributed by atoms with Crippen molar-refractivity contribution in [2.75, 3.05) is 0 Å². The van der Waals surface area contributed by atoms with Gasteiger partial charge in [-0.3, -0.25) is 5.10 Å². The van der Waals surface area contributed by atoms with Crippen LogP contribution in [0.5, 0.6) is 0 Å². The van der Waals surface area contributed by atoms with Gasteiger partial charge in [0.15, 0.2) is 10.4 Å². The standard InChI is InChI=1S/C11H12N6S/c1-16-7-4-3-5-12-10(7)13-8(16)6-9-14-15-11(18)17(9)2/h3-5H,6H2,1-2H3,(H,15,18). The SMILES string of the molecule is Cn1c(Cc2nc3ncccc3n2C)n[nH]c1=S. The van der Waals surface area contributed by atoms with E-state index in [0.717, 1.165) is 22.8 Å². The van der Waals surface area contributed by atoms with Gasteiger partial charge < -0.3 is 9.13 Å². The Kier molecular flexibility index (Phi) is 2.48. The molecule has 3 aromatic heterocycles. The minimum Gasteiger partial charge on any atom is -0.329 e. The van der Waals surface area contributed by atoms with Gasteiger partial charge in [-0.2, -0.15) is 5.10 Å². The smallest absolute Gasteiger partial charge is 0.194 e. The predicted octanol–water partition coefficient (Wildman–Crippen LogP) is 1.35. The molecule has 7 heteroatoms. The Balaban J connectivity index is 2.08. The van der Waals surface area contributed by atoms with Crippen LogP contribution in [-0.2, 0) is 20.5 Å². The summed E-state index contributed by atoms with van der Waals surface area (Å²) < 4.78 is 4.49. The number of aromatic nitrogens is 6. The molecule has 0 saturated heterocycles. The molecule has 0 saturated carbocycles. The van der Waals surface area contributed by atoms with E-state index in [1.165, 1.54) is 0 Å². The molecule has 1 N–H and O–H groups in total. The number of hydrogen-bond donors (Lipinski definition) is 1. The Morgan fingerprint density at radius 2 is 2.11 bits per heavy atom. The average Bonchev–Trinajstić information content (AvgIpc) is 2.86. The summed E-state index contributed by atoms with van der Waals surface area (Å²) in [5.41, 5.74) is 1.77. The second-order valence-corrected chi connectivity index (χ2v) is 4.50. The lowest BCUT2D eigenvalue weighted by Crippen LogP contribution is -2.04. The maximum atomic E-state index is 5.09. The van der Waals surface area contributed by atoms with Gasteiger partial charge in [0.05, 0.1) is 11.9 Å². The number of imidazole rings is 1. The van der Waals surface area contributed by atoms with E-state index in [9.17, 15) is 0 Å². The maximum Gasteiger partial charge on any atom is 0.194 e. The first-order chi connectivity index (χ1) is 8.66. The zero-order valence-electron chi connectivity index (χ0n) is 10.1. The fourth-order valence-corrected chi connectivity index (χ4v) is 2.06. The molecule has 0 aliphatic rings. The second kappa shape index (κ2) is 4.02. The minimum absolute atomic E-state index is 0.613. The molecule has 0 fully saturated rings. The van der Waals surface area contributed by atoms with Crippen LogP contribution < -0.4 is 0 Å². The zero-order chi connectivity index (χ0) is 12.7. The summed E-state index contributed by atoms with van der Waals surface area (Å²) in [6, 6.07) is 3.91. The van der Waals surface area contributed by atoms with Crippen LogP contribution in [0.4, 0.5) is 0 Å². The lowest BCUT2D eigenvalue weighted by Gasteiger charge is -2.01. The lowest BCUT2D eigenvalue weighted by atomic mass is 10.4. The highest BCUT2D eigenvalue weighted by Gasteiger charge is 2.11. The highest BCUT2D eigenvalue weighted by molar-refractivity contribution is 7.71. The second-order valence-electron chi connectivity index (χ2n) is 4.11. The lowest BCUT2D eigenvalue weighted by molar-refractivity contribution is 0.760. The molecule has 3 aromatic rings. The molecule has 0 aliphatic carbocycles. The fraction of sp³-hybridized carbons (Fsp3) is 0.273. The summed E-state index contributed by atoms with van der Waals surface area (Å²) in [5.74, 6) is 1.78. The van der Waals surface area contributed by atoms with Crippen LogP contribution in [0.3, 0.4) is 0 Å². The molecule has 3 rings (SSSR count). The van der Waals surface area contributed by atoms with Gasteiger partial charge in [-0.1, -0.05) is 0 Å². The first kappa shape index (κ1) is 11.1. The van der Waals surface area contributed by atoms with Crippen LogP contribution in [0.15, 0.2) is 18.3 Å². The van der Waals surface area contributed by atoms with Gasteiger partial charge in [0.2, 0.25) is 0 Å². The van der Waals surface area contributed by atoms with Crippen molar-refractivity contribution in [1.29, 1.82) is 0 Å². The average molecular weight is 260 g/mol. The molecule has 92 valence electrons.